The van der Waals surface area contributed by atoms with Crippen LogP contribution in [0.2, 0.25) is 0 Å². The number of hydrogen-bond acceptors (Lipinski definition) is 5. The smallest absolute Gasteiger partial charge is 0.292 e. The van der Waals surface area contributed by atoms with Crippen LogP contribution in [0.25, 0.3) is 0 Å². The van der Waals surface area contributed by atoms with Crippen molar-refractivity contribution in [2.45, 2.75) is 13.5 Å². The normalized spacial score (nSPS) is 10.2. The van der Waals surface area contributed by atoms with E-state index in [2.05, 4.69) is 26.2 Å². The number of halogens is 1. The lowest BCUT2D eigenvalue weighted by atomic mass is 10.2. The predicted molar refractivity (Wildman–Crippen MR) is 83.5 cm³/mol. The summed E-state index contributed by atoms with van der Waals surface area (Å²) in [7, 11) is 0. The van der Waals surface area contributed by atoms with Crippen molar-refractivity contribution in [1.29, 1.82) is 0 Å². The lowest BCUT2D eigenvalue weighted by molar-refractivity contribution is -0.384. The number of aromatic nitrogens is 1. The van der Waals surface area contributed by atoms with E-state index in [0.717, 1.165) is 10.0 Å². The van der Waals surface area contributed by atoms with E-state index in [1.807, 2.05) is 6.92 Å². The van der Waals surface area contributed by atoms with Crippen LogP contribution in [-0.2, 0) is 6.61 Å². The maximum Gasteiger partial charge on any atom is 0.292 e. The van der Waals surface area contributed by atoms with Gasteiger partial charge in [-0.05, 0) is 40.5 Å². The molecule has 2 rings (SSSR count). The molecule has 7 heteroatoms. The second kappa shape index (κ2) is 7.03. The molecule has 0 amide bonds. The van der Waals surface area contributed by atoms with Gasteiger partial charge in [-0.3, -0.25) is 15.1 Å². The highest BCUT2D eigenvalue weighted by Crippen LogP contribution is 2.26. The van der Waals surface area contributed by atoms with Crippen molar-refractivity contribution in [2.24, 2.45) is 0 Å². The van der Waals surface area contributed by atoms with Gasteiger partial charge in [0, 0.05) is 23.3 Å². The van der Waals surface area contributed by atoms with Gasteiger partial charge in [0.15, 0.2) is 0 Å². The van der Waals surface area contributed by atoms with Crippen LogP contribution in [0.15, 0.2) is 41.1 Å². The summed E-state index contributed by atoms with van der Waals surface area (Å²) in [6, 6.07) is 6.80. The van der Waals surface area contributed by atoms with Crippen LogP contribution in [0.4, 0.5) is 11.4 Å². The highest BCUT2D eigenvalue weighted by atomic mass is 79.9. The highest BCUT2D eigenvalue weighted by molar-refractivity contribution is 9.10. The Morgan fingerprint density at radius 3 is 2.86 bits per heavy atom. The second-order valence-corrected chi connectivity index (χ2v) is 5.18. The first-order valence-corrected chi connectivity index (χ1v) is 7.14. The number of pyridine rings is 1. The highest BCUT2D eigenvalue weighted by Gasteiger charge is 2.14. The molecule has 1 N–H and O–H groups in total. The van der Waals surface area contributed by atoms with Crippen LogP contribution >= 0.6 is 15.9 Å². The molecular weight excluding hydrogens is 338 g/mol. The maximum atomic E-state index is 11.1. The van der Waals surface area contributed by atoms with E-state index in [9.17, 15) is 10.1 Å². The average Bonchev–Trinajstić information content (AvgIpc) is 2.46. The first-order valence-electron chi connectivity index (χ1n) is 6.34. The Bertz CT molecular complexity index is 649. The van der Waals surface area contributed by atoms with Gasteiger partial charge in [-0.25, -0.2) is 0 Å². The minimum atomic E-state index is -0.401. The molecule has 0 atom stereocenters. The molecule has 6 nitrogen and oxygen atoms in total. The fourth-order valence-electron chi connectivity index (χ4n) is 1.80. The molecule has 0 radical (unpaired) electrons. The topological polar surface area (TPSA) is 77.3 Å². The molecule has 0 spiro atoms. The molecule has 0 unspecified atom stereocenters. The molecule has 0 aliphatic rings. The lowest BCUT2D eigenvalue weighted by Gasteiger charge is -2.08. The molecule has 1 heterocycles. The summed E-state index contributed by atoms with van der Waals surface area (Å²) in [6.45, 7) is 2.76. The number of ether oxygens (including phenoxy) is 1. The number of rotatable bonds is 6. The predicted octanol–water partition coefficient (Wildman–Crippen LogP) is 3.76. The number of benzene rings is 1. The van der Waals surface area contributed by atoms with Crippen molar-refractivity contribution in [3.63, 3.8) is 0 Å². The molecule has 1 aromatic heterocycles. The monoisotopic (exact) mass is 351 g/mol. The van der Waals surface area contributed by atoms with E-state index in [1.165, 1.54) is 6.07 Å². The summed E-state index contributed by atoms with van der Waals surface area (Å²) in [5.41, 5.74) is 1.28. The molecule has 0 fully saturated rings. The molecular formula is C14H14BrN3O3. The Kier molecular flexibility index (Phi) is 5.10. The van der Waals surface area contributed by atoms with E-state index in [-0.39, 0.29) is 12.3 Å². The van der Waals surface area contributed by atoms with Crippen molar-refractivity contribution < 1.29 is 9.66 Å². The SMILES string of the molecule is CCNc1ccc(COc2cncc(Br)c2)cc1[N+](=O)[O-]. The third-order valence-electron chi connectivity index (χ3n) is 2.71. The van der Waals surface area contributed by atoms with E-state index in [4.69, 9.17) is 4.74 Å². The van der Waals surface area contributed by atoms with Crippen molar-refractivity contribution in [1.82, 2.24) is 4.98 Å². The van der Waals surface area contributed by atoms with Gasteiger partial charge in [0.1, 0.15) is 18.0 Å². The van der Waals surface area contributed by atoms with Crippen LogP contribution in [-0.4, -0.2) is 16.5 Å². The van der Waals surface area contributed by atoms with Gasteiger partial charge in [-0.1, -0.05) is 6.07 Å². The van der Waals surface area contributed by atoms with Gasteiger partial charge < -0.3 is 10.1 Å². The minimum Gasteiger partial charge on any atom is -0.487 e. The van der Waals surface area contributed by atoms with Gasteiger partial charge in [-0.2, -0.15) is 0 Å². The Morgan fingerprint density at radius 2 is 2.19 bits per heavy atom. The van der Waals surface area contributed by atoms with Gasteiger partial charge in [0.05, 0.1) is 11.1 Å². The summed E-state index contributed by atoms with van der Waals surface area (Å²) in [6.07, 6.45) is 3.25. The van der Waals surface area contributed by atoms with Crippen LogP contribution in [0.1, 0.15) is 12.5 Å². The third-order valence-corrected chi connectivity index (χ3v) is 3.15. The van der Waals surface area contributed by atoms with Gasteiger partial charge >= 0.3 is 0 Å². The van der Waals surface area contributed by atoms with Crippen molar-refractivity contribution in [3.8, 4) is 5.75 Å². The Balaban J connectivity index is 2.13. The third kappa shape index (κ3) is 4.16. The van der Waals surface area contributed by atoms with Gasteiger partial charge in [0.25, 0.3) is 5.69 Å². The molecule has 110 valence electrons. The van der Waals surface area contributed by atoms with Gasteiger partial charge in [-0.15, -0.1) is 0 Å². The van der Waals surface area contributed by atoms with Crippen LogP contribution in [0.3, 0.4) is 0 Å². The molecule has 0 bridgehead atoms. The average molecular weight is 352 g/mol. The zero-order chi connectivity index (χ0) is 15.2. The zero-order valence-electron chi connectivity index (χ0n) is 11.4. The second-order valence-electron chi connectivity index (χ2n) is 4.27. The standard InChI is InChI=1S/C14H14BrN3O3/c1-2-17-13-4-3-10(5-14(13)18(19)20)9-21-12-6-11(15)7-16-8-12/h3-8,17H,2,9H2,1H3. The zero-order valence-corrected chi connectivity index (χ0v) is 13.0. The number of nitro benzene ring substituents is 1. The number of nitrogens with zero attached hydrogens (tertiary/aromatic N) is 2. The summed E-state index contributed by atoms with van der Waals surface area (Å²) in [5, 5.41) is 14.0. The van der Waals surface area contributed by atoms with E-state index >= 15 is 0 Å². The van der Waals surface area contributed by atoms with Crippen LogP contribution in [0.5, 0.6) is 5.75 Å². The fourth-order valence-corrected chi connectivity index (χ4v) is 2.14. The molecule has 0 saturated heterocycles. The van der Waals surface area contributed by atoms with Crippen LogP contribution < -0.4 is 10.1 Å². The Hall–Kier alpha value is -2.15. The number of anilines is 1. The maximum absolute atomic E-state index is 11.1. The summed E-state index contributed by atoms with van der Waals surface area (Å²) < 4.78 is 6.39. The largest absolute Gasteiger partial charge is 0.487 e. The number of nitro groups is 1. The molecule has 1 aromatic carbocycles. The summed E-state index contributed by atoms with van der Waals surface area (Å²) in [5.74, 6) is 0.600. The first-order chi connectivity index (χ1) is 10.1. The lowest BCUT2D eigenvalue weighted by Crippen LogP contribution is -2.03. The molecule has 2 aromatic rings. The van der Waals surface area contributed by atoms with Crippen LogP contribution in [0, 0.1) is 10.1 Å². The molecule has 21 heavy (non-hydrogen) atoms. The van der Waals surface area contributed by atoms with E-state index in [0.29, 0.717) is 18.0 Å². The summed E-state index contributed by atoms with van der Waals surface area (Å²) in [4.78, 5) is 14.7. The van der Waals surface area contributed by atoms with E-state index in [1.54, 1.807) is 30.6 Å². The fraction of sp³-hybridized carbons (Fsp3) is 0.214. The summed E-state index contributed by atoms with van der Waals surface area (Å²) >= 11 is 3.31. The van der Waals surface area contributed by atoms with Crippen molar-refractivity contribution in [2.75, 3.05) is 11.9 Å². The minimum absolute atomic E-state index is 0.0466. The first kappa shape index (κ1) is 15.2. The number of nitrogens with one attached hydrogen (secondary N) is 1. The Labute approximate surface area is 130 Å². The molecule has 0 saturated carbocycles. The van der Waals surface area contributed by atoms with Crippen molar-refractivity contribution in [3.05, 3.63) is 56.8 Å². The molecule has 0 aliphatic carbocycles. The molecule has 0 aliphatic heterocycles. The van der Waals surface area contributed by atoms with E-state index < -0.39 is 4.92 Å². The quantitative estimate of drug-likeness (QED) is 0.633. The van der Waals surface area contributed by atoms with Gasteiger partial charge in [0.2, 0.25) is 0 Å². The number of hydrogen-bond donors (Lipinski definition) is 1. The Morgan fingerprint density at radius 1 is 1.38 bits per heavy atom. The van der Waals surface area contributed by atoms with Crippen molar-refractivity contribution >= 4 is 27.3 Å².